The Morgan fingerprint density at radius 1 is 0.929 bits per heavy atom. The van der Waals surface area contributed by atoms with E-state index in [0.717, 1.165) is 27.8 Å². The van der Waals surface area contributed by atoms with Crippen molar-refractivity contribution in [3.8, 4) is 0 Å². The zero-order valence-electron chi connectivity index (χ0n) is 23.6. The Morgan fingerprint density at radius 3 is 2.21 bits per heavy atom. The first-order chi connectivity index (χ1) is 20.2. The van der Waals surface area contributed by atoms with Gasteiger partial charge < -0.3 is 19.3 Å². The number of Topliss-reactive ketones (excluding diaryl/α,β-unsaturated/α-hetero) is 1. The number of carboxylic acid groups (broad SMARTS) is 1. The van der Waals surface area contributed by atoms with Crippen LogP contribution in [0.1, 0.15) is 51.5 Å². The molecule has 1 aliphatic rings. The molecule has 42 heavy (non-hydrogen) atoms. The van der Waals surface area contributed by atoms with Gasteiger partial charge in [0.15, 0.2) is 0 Å². The molecule has 5 rings (SSSR count). The van der Waals surface area contributed by atoms with E-state index in [1.54, 1.807) is 18.2 Å². The number of amides is 1. The first-order valence-corrected chi connectivity index (χ1v) is 13.6. The van der Waals surface area contributed by atoms with Crippen molar-refractivity contribution in [3.63, 3.8) is 0 Å². The van der Waals surface area contributed by atoms with Crippen LogP contribution >= 0.6 is 0 Å². The van der Waals surface area contributed by atoms with E-state index in [1.807, 2.05) is 80.5 Å². The van der Waals surface area contributed by atoms with Crippen LogP contribution in [0.4, 0.5) is 11.4 Å². The third-order valence-electron chi connectivity index (χ3n) is 7.36. The van der Waals surface area contributed by atoms with Crippen LogP contribution in [0.5, 0.6) is 0 Å². The molecule has 0 spiro atoms. The summed E-state index contributed by atoms with van der Waals surface area (Å²) in [6.07, 6.45) is 8.09. The van der Waals surface area contributed by atoms with Crippen LogP contribution in [0.2, 0.25) is 0 Å². The lowest BCUT2D eigenvalue weighted by Crippen LogP contribution is -2.27. The standard InChI is InChI=1S/C34H30N2O6/c1-4-26-27-16-14-25(35(2)3)20-31(27)42-34(41)28(26)15-10-22-7-5-21(6-8-22)9-11-23-12-13-24(33(39)40)19-29(23)36-18-17-30(37)32(36)38/h5-16,19-20H,4,17-18H2,1-3H3,(H,39,40)/b11-9+,15-10+. The average molecular weight is 563 g/mol. The highest BCUT2D eigenvalue weighted by atomic mass is 16.4. The van der Waals surface area contributed by atoms with E-state index in [-0.39, 0.29) is 24.2 Å². The van der Waals surface area contributed by atoms with Gasteiger partial charge in [-0.1, -0.05) is 55.5 Å². The molecule has 0 radical (unpaired) electrons. The fourth-order valence-corrected chi connectivity index (χ4v) is 5.03. The number of carbonyl (C=O) groups is 3. The molecule has 8 nitrogen and oxygen atoms in total. The summed E-state index contributed by atoms with van der Waals surface area (Å²) in [5.74, 6) is -2.23. The Morgan fingerprint density at radius 2 is 1.62 bits per heavy atom. The number of aromatic carboxylic acids is 1. The van der Waals surface area contributed by atoms with Gasteiger partial charge in [-0.2, -0.15) is 0 Å². The topological polar surface area (TPSA) is 108 Å². The molecule has 1 fully saturated rings. The van der Waals surface area contributed by atoms with Gasteiger partial charge in [0.25, 0.3) is 5.91 Å². The van der Waals surface area contributed by atoms with E-state index < -0.39 is 17.7 Å². The lowest BCUT2D eigenvalue weighted by atomic mass is 10.0. The Bertz CT molecular complexity index is 1830. The summed E-state index contributed by atoms with van der Waals surface area (Å²) in [5, 5.41) is 10.3. The fourth-order valence-electron chi connectivity index (χ4n) is 5.03. The fraction of sp³-hybridized carbons (Fsp3) is 0.176. The lowest BCUT2D eigenvalue weighted by Gasteiger charge is -2.18. The van der Waals surface area contributed by atoms with E-state index in [2.05, 4.69) is 0 Å². The van der Waals surface area contributed by atoms with Gasteiger partial charge >= 0.3 is 11.6 Å². The maximum Gasteiger partial charge on any atom is 0.343 e. The van der Waals surface area contributed by atoms with Crippen LogP contribution in [0, 0.1) is 0 Å². The predicted molar refractivity (Wildman–Crippen MR) is 166 cm³/mol. The summed E-state index contributed by atoms with van der Waals surface area (Å²) in [7, 11) is 3.88. The number of ketones is 1. The zero-order valence-corrected chi connectivity index (χ0v) is 23.6. The molecular formula is C34H30N2O6. The molecule has 2 heterocycles. The molecule has 1 aromatic heterocycles. The van der Waals surface area contributed by atoms with E-state index in [0.29, 0.717) is 28.8 Å². The monoisotopic (exact) mass is 562 g/mol. The number of benzene rings is 3. The van der Waals surface area contributed by atoms with Crippen molar-refractivity contribution in [2.24, 2.45) is 0 Å². The number of hydrogen-bond acceptors (Lipinski definition) is 6. The molecule has 0 unspecified atom stereocenters. The van der Waals surface area contributed by atoms with Crippen molar-refractivity contribution in [1.82, 2.24) is 0 Å². The second-order valence-electron chi connectivity index (χ2n) is 10.3. The molecule has 8 heteroatoms. The molecule has 212 valence electrons. The molecule has 0 bridgehead atoms. The lowest BCUT2D eigenvalue weighted by molar-refractivity contribution is -0.133. The van der Waals surface area contributed by atoms with Crippen molar-refractivity contribution >= 4 is 64.3 Å². The summed E-state index contributed by atoms with van der Waals surface area (Å²) in [6.45, 7) is 2.24. The zero-order chi connectivity index (χ0) is 30.0. The van der Waals surface area contributed by atoms with Gasteiger partial charge in [-0.05, 0) is 59.0 Å². The first-order valence-electron chi connectivity index (χ1n) is 13.6. The van der Waals surface area contributed by atoms with Crippen LogP contribution < -0.4 is 15.4 Å². The van der Waals surface area contributed by atoms with Gasteiger partial charge in [-0.3, -0.25) is 9.59 Å². The van der Waals surface area contributed by atoms with Gasteiger partial charge in [0.05, 0.1) is 16.8 Å². The van der Waals surface area contributed by atoms with Gasteiger partial charge in [0, 0.05) is 44.2 Å². The van der Waals surface area contributed by atoms with Crippen LogP contribution in [0.3, 0.4) is 0 Å². The number of fused-ring (bicyclic) bond motifs is 1. The summed E-state index contributed by atoms with van der Waals surface area (Å²) in [4.78, 5) is 51.9. The number of nitrogens with zero attached hydrogens (tertiary/aromatic N) is 2. The second-order valence-corrected chi connectivity index (χ2v) is 10.3. The molecule has 0 aliphatic carbocycles. The van der Waals surface area contributed by atoms with Crippen LogP contribution in [-0.2, 0) is 16.0 Å². The maximum absolute atomic E-state index is 12.9. The van der Waals surface area contributed by atoms with E-state index in [1.165, 1.54) is 17.0 Å². The van der Waals surface area contributed by atoms with Gasteiger partial charge in [-0.15, -0.1) is 0 Å². The van der Waals surface area contributed by atoms with Crippen molar-refractivity contribution in [2.45, 2.75) is 19.8 Å². The van der Waals surface area contributed by atoms with Crippen molar-refractivity contribution in [1.29, 1.82) is 0 Å². The largest absolute Gasteiger partial charge is 0.478 e. The molecular weight excluding hydrogens is 532 g/mol. The quantitative estimate of drug-likeness (QED) is 0.165. The Balaban J connectivity index is 1.39. The smallest absolute Gasteiger partial charge is 0.343 e. The second kappa shape index (κ2) is 11.7. The summed E-state index contributed by atoms with van der Waals surface area (Å²) in [5.41, 5.74) is 5.43. The van der Waals surface area contributed by atoms with E-state index in [4.69, 9.17) is 4.42 Å². The molecule has 1 amide bonds. The van der Waals surface area contributed by atoms with Crippen molar-refractivity contribution in [3.05, 3.63) is 104 Å². The Kier molecular flexibility index (Phi) is 7.88. The molecule has 0 atom stereocenters. The number of carboxylic acids is 1. The average Bonchev–Trinajstić information content (AvgIpc) is 3.32. The van der Waals surface area contributed by atoms with Crippen LogP contribution in [0.25, 0.3) is 35.3 Å². The Hall–Kier alpha value is -5.24. The SMILES string of the molecule is CCc1c(/C=C/c2ccc(/C=C/c3ccc(C(=O)O)cc3N3CCC(=O)C3=O)cc2)c(=O)oc2cc(N(C)C)ccc12. The number of anilines is 2. The third kappa shape index (κ3) is 5.65. The maximum atomic E-state index is 12.9. The Labute approximate surface area is 242 Å². The highest BCUT2D eigenvalue weighted by molar-refractivity contribution is 6.43. The molecule has 4 aromatic rings. The third-order valence-corrected chi connectivity index (χ3v) is 7.36. The number of rotatable bonds is 8. The minimum absolute atomic E-state index is 0.0374. The van der Waals surface area contributed by atoms with E-state index >= 15 is 0 Å². The predicted octanol–water partition coefficient (Wildman–Crippen LogP) is 5.77. The van der Waals surface area contributed by atoms with E-state index in [9.17, 15) is 24.3 Å². The summed E-state index contributed by atoms with van der Waals surface area (Å²) >= 11 is 0. The summed E-state index contributed by atoms with van der Waals surface area (Å²) in [6, 6.07) is 18.1. The number of hydrogen-bond donors (Lipinski definition) is 1. The van der Waals surface area contributed by atoms with Gasteiger partial charge in [0.2, 0.25) is 5.78 Å². The molecule has 3 aromatic carbocycles. The summed E-state index contributed by atoms with van der Waals surface area (Å²) < 4.78 is 5.67. The van der Waals surface area contributed by atoms with Gasteiger partial charge in [0.1, 0.15) is 5.58 Å². The minimum atomic E-state index is -1.11. The van der Waals surface area contributed by atoms with Crippen LogP contribution in [-0.4, -0.2) is 43.4 Å². The van der Waals surface area contributed by atoms with Crippen LogP contribution in [0.15, 0.2) is 69.9 Å². The van der Waals surface area contributed by atoms with Gasteiger partial charge in [-0.25, -0.2) is 9.59 Å². The highest BCUT2D eigenvalue weighted by Gasteiger charge is 2.31. The molecule has 1 aliphatic heterocycles. The molecule has 1 saturated heterocycles. The van der Waals surface area contributed by atoms with Crippen molar-refractivity contribution in [2.75, 3.05) is 30.4 Å². The molecule has 1 N–H and O–H groups in total. The number of aryl methyl sites for hydroxylation is 1. The number of carbonyl (C=O) groups excluding carboxylic acids is 2. The normalized spacial score (nSPS) is 13.6. The first kappa shape index (κ1) is 28.3. The highest BCUT2D eigenvalue weighted by Crippen LogP contribution is 2.29. The van der Waals surface area contributed by atoms with Crippen molar-refractivity contribution < 1.29 is 23.9 Å². The minimum Gasteiger partial charge on any atom is -0.478 e. The molecule has 0 saturated carbocycles.